The predicted molar refractivity (Wildman–Crippen MR) is 72.3 cm³/mol. The van der Waals surface area contributed by atoms with E-state index in [4.69, 9.17) is 5.73 Å². The van der Waals surface area contributed by atoms with E-state index in [1.807, 2.05) is 6.92 Å². The Morgan fingerprint density at radius 1 is 1.30 bits per heavy atom. The Hall–Kier alpha value is -2.50. The summed E-state index contributed by atoms with van der Waals surface area (Å²) in [5.74, 6) is -1.86. The summed E-state index contributed by atoms with van der Waals surface area (Å²) in [4.78, 5) is 16.1. The molecular weight excluding hydrogens is 264 g/mol. The highest BCUT2D eigenvalue weighted by atomic mass is 19.1. The highest BCUT2D eigenvalue weighted by Gasteiger charge is 2.11. The number of nitrogen functional groups attached to an aromatic ring is 1. The van der Waals surface area contributed by atoms with E-state index < -0.39 is 17.5 Å². The standard InChI is InChI=1S/C14H13F2N3O/c1-2-10-5-8(6-13(17)18-10)14(20)19-12-4-3-9(15)7-11(12)16/h3-7H,2H2,1H3,(H2,17,18)(H,19,20). The molecule has 0 unspecified atom stereocenters. The van der Waals surface area contributed by atoms with Crippen molar-refractivity contribution in [1.29, 1.82) is 0 Å². The number of anilines is 2. The largest absolute Gasteiger partial charge is 0.384 e. The summed E-state index contributed by atoms with van der Waals surface area (Å²) in [5, 5.41) is 2.37. The third-order valence-corrected chi connectivity index (χ3v) is 2.70. The quantitative estimate of drug-likeness (QED) is 0.906. The van der Waals surface area contributed by atoms with Crippen molar-refractivity contribution in [2.24, 2.45) is 0 Å². The minimum absolute atomic E-state index is 0.0927. The molecule has 0 aliphatic rings. The lowest BCUT2D eigenvalue weighted by Gasteiger charge is -2.08. The Labute approximate surface area is 114 Å². The van der Waals surface area contributed by atoms with E-state index in [0.29, 0.717) is 18.2 Å². The molecule has 0 saturated heterocycles. The fraction of sp³-hybridized carbons (Fsp3) is 0.143. The van der Waals surface area contributed by atoms with Gasteiger partial charge in [0.15, 0.2) is 0 Å². The van der Waals surface area contributed by atoms with Crippen LogP contribution in [0, 0.1) is 11.6 Å². The molecule has 0 saturated carbocycles. The van der Waals surface area contributed by atoms with Gasteiger partial charge in [-0.2, -0.15) is 0 Å². The van der Waals surface area contributed by atoms with Crippen molar-refractivity contribution in [2.75, 3.05) is 11.1 Å². The zero-order valence-corrected chi connectivity index (χ0v) is 10.8. The fourth-order valence-electron chi connectivity index (χ4n) is 1.71. The number of aromatic nitrogens is 1. The maximum atomic E-state index is 13.5. The molecule has 6 heteroatoms. The van der Waals surface area contributed by atoms with Gasteiger partial charge in [-0.05, 0) is 30.7 Å². The predicted octanol–water partition coefficient (Wildman–Crippen LogP) is 2.76. The molecule has 104 valence electrons. The molecule has 0 aliphatic carbocycles. The van der Waals surface area contributed by atoms with Crippen LogP contribution in [0.5, 0.6) is 0 Å². The summed E-state index contributed by atoms with van der Waals surface area (Å²) in [7, 11) is 0. The van der Waals surface area contributed by atoms with E-state index in [1.54, 1.807) is 6.07 Å². The third-order valence-electron chi connectivity index (χ3n) is 2.70. The van der Waals surface area contributed by atoms with Crippen LogP contribution in [0.4, 0.5) is 20.3 Å². The van der Waals surface area contributed by atoms with Gasteiger partial charge in [0.05, 0.1) is 5.69 Å². The molecule has 0 fully saturated rings. The Balaban J connectivity index is 2.26. The van der Waals surface area contributed by atoms with Crippen molar-refractivity contribution >= 4 is 17.4 Å². The van der Waals surface area contributed by atoms with Crippen LogP contribution in [0.25, 0.3) is 0 Å². The Kier molecular flexibility index (Phi) is 3.93. The first-order chi connectivity index (χ1) is 9.49. The highest BCUT2D eigenvalue weighted by molar-refractivity contribution is 6.04. The summed E-state index contributed by atoms with van der Waals surface area (Å²) >= 11 is 0. The molecule has 1 heterocycles. The molecule has 2 aromatic rings. The molecular formula is C14H13F2N3O. The van der Waals surface area contributed by atoms with Crippen molar-refractivity contribution in [1.82, 2.24) is 4.98 Å². The SMILES string of the molecule is CCc1cc(C(=O)Nc2ccc(F)cc2F)cc(N)n1. The molecule has 0 spiro atoms. The average Bonchev–Trinajstić information content (AvgIpc) is 2.41. The molecule has 4 nitrogen and oxygen atoms in total. The van der Waals surface area contributed by atoms with Crippen LogP contribution in [0.2, 0.25) is 0 Å². The first-order valence-electron chi connectivity index (χ1n) is 6.02. The number of carbonyl (C=O) groups is 1. The smallest absolute Gasteiger partial charge is 0.255 e. The van der Waals surface area contributed by atoms with Crippen LogP contribution in [-0.2, 0) is 6.42 Å². The second-order valence-corrected chi connectivity index (χ2v) is 4.20. The van der Waals surface area contributed by atoms with Gasteiger partial charge < -0.3 is 11.1 Å². The fourth-order valence-corrected chi connectivity index (χ4v) is 1.71. The van der Waals surface area contributed by atoms with Gasteiger partial charge in [-0.25, -0.2) is 13.8 Å². The third kappa shape index (κ3) is 3.09. The van der Waals surface area contributed by atoms with Crippen molar-refractivity contribution in [3.63, 3.8) is 0 Å². The van der Waals surface area contributed by atoms with Gasteiger partial charge in [-0.3, -0.25) is 4.79 Å². The van der Waals surface area contributed by atoms with Crippen LogP contribution in [-0.4, -0.2) is 10.9 Å². The monoisotopic (exact) mass is 277 g/mol. The number of nitrogens with one attached hydrogen (secondary N) is 1. The topological polar surface area (TPSA) is 68.0 Å². The number of hydrogen-bond acceptors (Lipinski definition) is 3. The highest BCUT2D eigenvalue weighted by Crippen LogP contribution is 2.17. The van der Waals surface area contributed by atoms with E-state index >= 15 is 0 Å². The van der Waals surface area contributed by atoms with Crippen LogP contribution in [0.3, 0.4) is 0 Å². The molecule has 1 amide bonds. The zero-order chi connectivity index (χ0) is 14.7. The molecule has 0 aliphatic heterocycles. The molecule has 1 aromatic heterocycles. The van der Waals surface area contributed by atoms with E-state index in [2.05, 4.69) is 10.3 Å². The lowest BCUT2D eigenvalue weighted by Crippen LogP contribution is -2.14. The lowest BCUT2D eigenvalue weighted by molar-refractivity contribution is 0.102. The first-order valence-corrected chi connectivity index (χ1v) is 6.02. The number of amides is 1. The normalized spacial score (nSPS) is 10.3. The number of aryl methyl sites for hydroxylation is 1. The summed E-state index contributed by atoms with van der Waals surface area (Å²) in [6, 6.07) is 5.90. The molecule has 0 bridgehead atoms. The van der Waals surface area contributed by atoms with Gasteiger partial charge in [0.1, 0.15) is 17.5 Å². The maximum Gasteiger partial charge on any atom is 0.255 e. The van der Waals surface area contributed by atoms with Gasteiger partial charge >= 0.3 is 0 Å². The molecule has 2 rings (SSSR count). The molecule has 1 aromatic carbocycles. The molecule has 0 radical (unpaired) electrons. The maximum absolute atomic E-state index is 13.5. The van der Waals surface area contributed by atoms with Gasteiger partial charge in [0, 0.05) is 17.3 Å². The summed E-state index contributed by atoms with van der Waals surface area (Å²) in [6.45, 7) is 1.88. The second kappa shape index (κ2) is 5.64. The van der Waals surface area contributed by atoms with Crippen LogP contribution < -0.4 is 11.1 Å². The number of nitrogens with zero attached hydrogens (tertiary/aromatic N) is 1. The van der Waals surface area contributed by atoms with Crippen LogP contribution in [0.15, 0.2) is 30.3 Å². The number of nitrogens with two attached hydrogens (primary N) is 1. The van der Waals surface area contributed by atoms with Gasteiger partial charge in [-0.1, -0.05) is 6.92 Å². The lowest BCUT2D eigenvalue weighted by atomic mass is 10.1. The van der Waals surface area contributed by atoms with Gasteiger partial charge in [0.25, 0.3) is 5.91 Å². The van der Waals surface area contributed by atoms with Crippen molar-refractivity contribution < 1.29 is 13.6 Å². The minimum atomic E-state index is -0.837. The van der Waals surface area contributed by atoms with Crippen LogP contribution in [0.1, 0.15) is 23.0 Å². The summed E-state index contributed by atoms with van der Waals surface area (Å²) < 4.78 is 26.2. The Morgan fingerprint density at radius 2 is 2.05 bits per heavy atom. The number of pyridine rings is 1. The van der Waals surface area contributed by atoms with Crippen molar-refractivity contribution in [2.45, 2.75) is 13.3 Å². The van der Waals surface area contributed by atoms with E-state index in [-0.39, 0.29) is 17.1 Å². The van der Waals surface area contributed by atoms with E-state index in [1.165, 1.54) is 6.07 Å². The van der Waals surface area contributed by atoms with Gasteiger partial charge in [0.2, 0.25) is 0 Å². The Morgan fingerprint density at radius 3 is 2.70 bits per heavy atom. The van der Waals surface area contributed by atoms with Gasteiger partial charge in [-0.15, -0.1) is 0 Å². The number of halogens is 2. The number of hydrogen-bond donors (Lipinski definition) is 2. The number of carbonyl (C=O) groups excluding carboxylic acids is 1. The van der Waals surface area contributed by atoms with Crippen LogP contribution >= 0.6 is 0 Å². The average molecular weight is 277 g/mol. The summed E-state index contributed by atoms with van der Waals surface area (Å²) in [5.41, 5.74) is 6.45. The molecule has 0 atom stereocenters. The first kappa shape index (κ1) is 13.9. The molecule has 20 heavy (non-hydrogen) atoms. The van der Waals surface area contributed by atoms with E-state index in [9.17, 15) is 13.6 Å². The second-order valence-electron chi connectivity index (χ2n) is 4.20. The molecule has 3 N–H and O–H groups in total. The van der Waals surface area contributed by atoms with E-state index in [0.717, 1.165) is 12.1 Å². The number of benzene rings is 1. The van der Waals surface area contributed by atoms with Crippen molar-refractivity contribution in [3.8, 4) is 0 Å². The summed E-state index contributed by atoms with van der Waals surface area (Å²) in [6.07, 6.45) is 0.621. The zero-order valence-electron chi connectivity index (χ0n) is 10.8. The Bertz CT molecular complexity index is 659. The minimum Gasteiger partial charge on any atom is -0.384 e. The van der Waals surface area contributed by atoms with Crippen molar-refractivity contribution in [3.05, 3.63) is 53.2 Å². The number of rotatable bonds is 3.